The number of ether oxygens (including phenoxy) is 2. The molecule has 0 aliphatic carbocycles. The van der Waals surface area contributed by atoms with Crippen molar-refractivity contribution in [1.82, 2.24) is 19.5 Å². The third-order valence-electron chi connectivity index (χ3n) is 3.93. The van der Waals surface area contributed by atoms with Gasteiger partial charge in [-0.05, 0) is 12.1 Å². The van der Waals surface area contributed by atoms with E-state index in [-0.39, 0.29) is 22.8 Å². The summed E-state index contributed by atoms with van der Waals surface area (Å²) in [5, 5.41) is 0. The van der Waals surface area contributed by atoms with Gasteiger partial charge in [-0.2, -0.15) is 0 Å². The largest absolute Gasteiger partial charge is 0.493 e. The van der Waals surface area contributed by atoms with Crippen molar-refractivity contribution in [2.24, 2.45) is 5.73 Å². The molecule has 1 amide bonds. The number of nitrogens with zero attached hydrogens (tertiary/aromatic N) is 3. The van der Waals surface area contributed by atoms with Crippen LogP contribution >= 0.6 is 0 Å². The monoisotopic (exact) mass is 357 g/mol. The molecule has 9 nitrogen and oxygen atoms in total. The standard InChI is InChI=1S/C17H19N5O4/c1-8(2)15-19-11(14(18)23)12-16(21-15)22(17(24)20-12)9-6-5-7-10(25-3)13(9)26-4/h5-8H,1-4H3,(H2,18,23)(H,20,24). The molecule has 0 fully saturated rings. The van der Waals surface area contributed by atoms with Crippen LogP contribution in [0.25, 0.3) is 16.9 Å². The smallest absolute Gasteiger partial charge is 0.332 e. The third-order valence-corrected chi connectivity index (χ3v) is 3.93. The number of carbonyl (C=O) groups is 1. The Balaban J connectivity index is 2.44. The minimum atomic E-state index is -0.745. The van der Waals surface area contributed by atoms with Crippen LogP contribution < -0.4 is 20.9 Å². The average Bonchev–Trinajstić information content (AvgIpc) is 2.95. The second-order valence-electron chi connectivity index (χ2n) is 5.93. The number of nitrogens with one attached hydrogen (secondary N) is 1. The molecule has 136 valence electrons. The molecule has 2 aromatic heterocycles. The summed E-state index contributed by atoms with van der Waals surface area (Å²) in [6, 6.07) is 5.13. The Bertz CT molecular complexity index is 1050. The predicted molar refractivity (Wildman–Crippen MR) is 95.2 cm³/mol. The van der Waals surface area contributed by atoms with Gasteiger partial charge in [0.25, 0.3) is 5.91 Å². The van der Waals surface area contributed by atoms with Crippen molar-refractivity contribution in [3.05, 3.63) is 40.2 Å². The maximum Gasteiger partial charge on any atom is 0.332 e. The van der Waals surface area contributed by atoms with Gasteiger partial charge >= 0.3 is 5.69 Å². The molecule has 3 N–H and O–H groups in total. The average molecular weight is 357 g/mol. The number of methoxy groups -OCH3 is 2. The molecule has 2 heterocycles. The van der Waals surface area contributed by atoms with Crippen LogP contribution in [0, 0.1) is 0 Å². The number of rotatable bonds is 5. The fourth-order valence-corrected chi connectivity index (χ4v) is 2.71. The van der Waals surface area contributed by atoms with E-state index in [1.54, 1.807) is 18.2 Å². The molecule has 3 aromatic rings. The number of para-hydroxylation sites is 1. The Hall–Kier alpha value is -3.36. The molecule has 3 rings (SSSR count). The van der Waals surface area contributed by atoms with Crippen molar-refractivity contribution in [3.63, 3.8) is 0 Å². The Morgan fingerprint density at radius 3 is 2.54 bits per heavy atom. The van der Waals surface area contributed by atoms with Gasteiger partial charge in [-0.3, -0.25) is 4.79 Å². The van der Waals surface area contributed by atoms with Gasteiger partial charge in [0.15, 0.2) is 22.8 Å². The lowest BCUT2D eigenvalue weighted by Crippen LogP contribution is -2.17. The summed E-state index contributed by atoms with van der Waals surface area (Å²) in [5.74, 6) is 0.414. The molecule has 0 radical (unpaired) electrons. The molecule has 0 saturated heterocycles. The van der Waals surface area contributed by atoms with E-state index in [9.17, 15) is 9.59 Å². The zero-order chi connectivity index (χ0) is 19.0. The van der Waals surface area contributed by atoms with E-state index in [1.807, 2.05) is 13.8 Å². The van der Waals surface area contributed by atoms with E-state index in [1.165, 1.54) is 18.8 Å². The summed E-state index contributed by atoms with van der Waals surface area (Å²) >= 11 is 0. The summed E-state index contributed by atoms with van der Waals surface area (Å²) in [7, 11) is 2.98. The van der Waals surface area contributed by atoms with Gasteiger partial charge in [0.1, 0.15) is 11.3 Å². The third kappa shape index (κ3) is 2.67. The van der Waals surface area contributed by atoms with Crippen LogP contribution in [-0.4, -0.2) is 39.6 Å². The first-order chi connectivity index (χ1) is 12.4. The van der Waals surface area contributed by atoms with Crippen LogP contribution in [0.15, 0.2) is 23.0 Å². The zero-order valence-electron chi connectivity index (χ0n) is 14.9. The van der Waals surface area contributed by atoms with Crippen LogP contribution in [0.2, 0.25) is 0 Å². The minimum absolute atomic E-state index is 0.0311. The normalized spacial score (nSPS) is 11.1. The minimum Gasteiger partial charge on any atom is -0.493 e. The summed E-state index contributed by atoms with van der Waals surface area (Å²) in [5.41, 5.74) is 5.76. The number of aromatic nitrogens is 4. The molecular weight excluding hydrogens is 338 g/mol. The molecule has 0 atom stereocenters. The van der Waals surface area contributed by atoms with E-state index in [2.05, 4.69) is 15.0 Å². The number of hydrogen-bond donors (Lipinski definition) is 2. The number of fused-ring (bicyclic) bond motifs is 1. The quantitative estimate of drug-likeness (QED) is 0.710. The predicted octanol–water partition coefficient (Wildman–Crippen LogP) is 1.35. The number of H-pyrrole nitrogens is 1. The Labute approximate surface area is 148 Å². The van der Waals surface area contributed by atoms with Crippen molar-refractivity contribution in [1.29, 1.82) is 0 Å². The molecule has 0 unspecified atom stereocenters. The van der Waals surface area contributed by atoms with Crippen LogP contribution in [0.5, 0.6) is 11.5 Å². The first kappa shape index (κ1) is 17.5. The van der Waals surface area contributed by atoms with Crippen LogP contribution in [0.3, 0.4) is 0 Å². The summed E-state index contributed by atoms with van der Waals surface area (Å²) < 4.78 is 12.0. The van der Waals surface area contributed by atoms with Gasteiger partial charge in [0.2, 0.25) is 0 Å². The fraction of sp³-hybridized carbons (Fsp3) is 0.294. The second kappa shape index (κ2) is 6.51. The van der Waals surface area contributed by atoms with E-state index in [4.69, 9.17) is 15.2 Å². The number of benzene rings is 1. The second-order valence-corrected chi connectivity index (χ2v) is 5.93. The Morgan fingerprint density at radius 2 is 1.96 bits per heavy atom. The van der Waals surface area contributed by atoms with Crippen molar-refractivity contribution in [3.8, 4) is 17.2 Å². The lowest BCUT2D eigenvalue weighted by atomic mass is 10.2. The summed E-state index contributed by atoms with van der Waals surface area (Å²) in [6.07, 6.45) is 0. The van der Waals surface area contributed by atoms with E-state index in [0.717, 1.165) is 0 Å². The Morgan fingerprint density at radius 1 is 1.23 bits per heavy atom. The number of primary amides is 1. The number of imidazole rings is 1. The van der Waals surface area contributed by atoms with Crippen LogP contribution in [0.4, 0.5) is 0 Å². The highest BCUT2D eigenvalue weighted by Gasteiger charge is 2.23. The van der Waals surface area contributed by atoms with Crippen molar-refractivity contribution in [2.75, 3.05) is 14.2 Å². The van der Waals surface area contributed by atoms with Gasteiger partial charge in [-0.1, -0.05) is 19.9 Å². The molecule has 1 aromatic carbocycles. The summed E-state index contributed by atoms with van der Waals surface area (Å²) in [4.78, 5) is 35.8. The number of aromatic amines is 1. The number of carbonyl (C=O) groups excluding carboxylic acids is 1. The number of amides is 1. The molecule has 26 heavy (non-hydrogen) atoms. The SMILES string of the molecule is COc1cccc(-n2c(=O)[nH]c3c(C(N)=O)nc(C(C)C)nc32)c1OC. The fourth-order valence-electron chi connectivity index (χ4n) is 2.71. The molecule has 0 aliphatic rings. The zero-order valence-corrected chi connectivity index (χ0v) is 14.9. The van der Waals surface area contributed by atoms with Crippen molar-refractivity contribution in [2.45, 2.75) is 19.8 Å². The number of nitrogens with two attached hydrogens (primary N) is 1. The first-order valence-electron chi connectivity index (χ1n) is 7.92. The highest BCUT2D eigenvalue weighted by atomic mass is 16.5. The van der Waals surface area contributed by atoms with Gasteiger partial charge in [0.05, 0.1) is 19.9 Å². The van der Waals surface area contributed by atoms with E-state index in [0.29, 0.717) is 23.0 Å². The molecular formula is C17H19N5O4. The van der Waals surface area contributed by atoms with Crippen molar-refractivity contribution < 1.29 is 14.3 Å². The topological polar surface area (TPSA) is 125 Å². The van der Waals surface area contributed by atoms with Gasteiger partial charge < -0.3 is 20.2 Å². The summed E-state index contributed by atoms with van der Waals surface area (Å²) in [6.45, 7) is 3.76. The molecule has 0 bridgehead atoms. The Kier molecular flexibility index (Phi) is 4.37. The lowest BCUT2D eigenvalue weighted by Gasteiger charge is -2.13. The van der Waals surface area contributed by atoms with E-state index < -0.39 is 11.6 Å². The van der Waals surface area contributed by atoms with Gasteiger partial charge in [0, 0.05) is 5.92 Å². The van der Waals surface area contributed by atoms with Crippen LogP contribution in [0.1, 0.15) is 36.1 Å². The lowest BCUT2D eigenvalue weighted by molar-refractivity contribution is 0.0996. The molecule has 0 aliphatic heterocycles. The van der Waals surface area contributed by atoms with Crippen molar-refractivity contribution >= 4 is 17.1 Å². The highest BCUT2D eigenvalue weighted by Crippen LogP contribution is 2.34. The maximum atomic E-state index is 12.7. The van der Waals surface area contributed by atoms with Gasteiger partial charge in [-0.15, -0.1) is 0 Å². The molecule has 9 heteroatoms. The molecule has 0 saturated carbocycles. The van der Waals surface area contributed by atoms with Crippen LogP contribution in [-0.2, 0) is 0 Å². The first-order valence-corrected chi connectivity index (χ1v) is 7.92. The highest BCUT2D eigenvalue weighted by molar-refractivity contribution is 6.01. The number of hydrogen-bond acceptors (Lipinski definition) is 6. The van der Waals surface area contributed by atoms with E-state index >= 15 is 0 Å². The van der Waals surface area contributed by atoms with Gasteiger partial charge in [-0.25, -0.2) is 19.3 Å². The molecule has 0 spiro atoms. The maximum absolute atomic E-state index is 12.7.